The first-order valence-corrected chi connectivity index (χ1v) is 8.15. The van der Waals surface area contributed by atoms with Crippen LogP contribution in [0.5, 0.6) is 0 Å². The third-order valence-corrected chi connectivity index (χ3v) is 4.12. The molecule has 0 saturated heterocycles. The summed E-state index contributed by atoms with van der Waals surface area (Å²) in [5.74, 6) is -4.36. The molecule has 0 aliphatic heterocycles. The van der Waals surface area contributed by atoms with Gasteiger partial charge in [-0.25, -0.2) is 4.39 Å². The number of halogens is 8. The molecule has 25 heavy (non-hydrogen) atoms. The fourth-order valence-corrected chi connectivity index (χ4v) is 3.27. The summed E-state index contributed by atoms with van der Waals surface area (Å²) in [5, 5.41) is 9.07. The van der Waals surface area contributed by atoms with E-state index in [1.807, 2.05) is 0 Å². The van der Waals surface area contributed by atoms with Crippen LogP contribution < -0.4 is 0 Å². The number of unbranched alkanes of at least 4 members (excludes halogenated alkanes) is 1. The minimum Gasteiger partial charge on any atom is -0.481 e. The van der Waals surface area contributed by atoms with Crippen LogP contribution in [0, 0.1) is 5.92 Å². The lowest BCUT2D eigenvalue weighted by atomic mass is 9.77. The highest BCUT2D eigenvalue weighted by Crippen LogP contribution is 2.49. The molecule has 1 N–H and O–H groups in total. The Kier molecular flexibility index (Phi) is 7.11. The normalized spacial score (nSPS) is 25.0. The molecule has 0 aromatic heterocycles. The van der Waals surface area contributed by atoms with Crippen molar-refractivity contribution in [2.24, 2.45) is 5.92 Å². The van der Waals surface area contributed by atoms with E-state index in [0.717, 1.165) is 6.08 Å². The van der Waals surface area contributed by atoms with Crippen molar-refractivity contribution in [3.63, 3.8) is 0 Å². The van der Waals surface area contributed by atoms with E-state index in [4.69, 9.17) is 5.11 Å². The number of allylic oxidation sites excluding steroid dienone is 5. The van der Waals surface area contributed by atoms with Crippen molar-refractivity contribution in [2.75, 3.05) is 0 Å². The summed E-state index contributed by atoms with van der Waals surface area (Å²) in [6.45, 7) is 0. The maximum absolute atomic E-state index is 14.5. The van der Waals surface area contributed by atoms with Crippen LogP contribution in [0.15, 0.2) is 33.5 Å². The van der Waals surface area contributed by atoms with E-state index < -0.39 is 36.3 Å². The zero-order chi connectivity index (χ0) is 19.5. The SMILES string of the molecule is O=C(O)C1C(CCCC=CCC(F)(F)F)=CC(I)=CC1(F)C(F)(F)F. The Morgan fingerprint density at radius 1 is 1.24 bits per heavy atom. The van der Waals surface area contributed by atoms with Gasteiger partial charge in [0.1, 0.15) is 5.92 Å². The van der Waals surface area contributed by atoms with Crippen LogP contribution in [0.1, 0.15) is 25.7 Å². The number of rotatable bonds is 6. The standard InChI is InChI=1S/C15H14F7IO2/c16-13(15(20,21)22)8-10(23)7-9(11(13)12(24)25)5-3-1-2-4-6-14(17,18)19/h2,4,7-8,11H,1,3,5-6H2,(H,24,25). The minimum atomic E-state index is -5.40. The highest BCUT2D eigenvalue weighted by atomic mass is 127. The maximum atomic E-state index is 14.5. The molecule has 0 radical (unpaired) electrons. The van der Waals surface area contributed by atoms with E-state index in [2.05, 4.69) is 0 Å². The van der Waals surface area contributed by atoms with E-state index in [1.165, 1.54) is 34.7 Å². The molecular formula is C15H14F7IO2. The summed E-state index contributed by atoms with van der Waals surface area (Å²) < 4.78 is 89.4. The summed E-state index contributed by atoms with van der Waals surface area (Å²) in [7, 11) is 0. The average Bonchev–Trinajstić information content (AvgIpc) is 2.38. The van der Waals surface area contributed by atoms with Crippen LogP contribution in [0.3, 0.4) is 0 Å². The molecule has 0 spiro atoms. The van der Waals surface area contributed by atoms with Crippen molar-refractivity contribution in [1.29, 1.82) is 0 Å². The summed E-state index contributed by atoms with van der Waals surface area (Å²) >= 11 is 1.47. The van der Waals surface area contributed by atoms with Gasteiger partial charge in [0.2, 0.25) is 5.67 Å². The van der Waals surface area contributed by atoms with Gasteiger partial charge in [0.25, 0.3) is 0 Å². The molecule has 1 aliphatic rings. The Labute approximate surface area is 152 Å². The highest BCUT2D eigenvalue weighted by Gasteiger charge is 2.63. The fourth-order valence-electron chi connectivity index (χ4n) is 2.42. The summed E-state index contributed by atoms with van der Waals surface area (Å²) in [6, 6.07) is 0. The van der Waals surface area contributed by atoms with Gasteiger partial charge in [-0.05, 0) is 54.0 Å². The van der Waals surface area contributed by atoms with Gasteiger partial charge in [0.05, 0.1) is 6.42 Å². The first-order valence-electron chi connectivity index (χ1n) is 7.07. The smallest absolute Gasteiger partial charge is 0.427 e. The van der Waals surface area contributed by atoms with Crippen LogP contribution in [0.4, 0.5) is 30.7 Å². The highest BCUT2D eigenvalue weighted by molar-refractivity contribution is 14.1. The van der Waals surface area contributed by atoms with Gasteiger partial charge in [-0.3, -0.25) is 4.79 Å². The van der Waals surface area contributed by atoms with Crippen LogP contribution in [0.2, 0.25) is 0 Å². The van der Waals surface area contributed by atoms with Gasteiger partial charge in [0.15, 0.2) is 0 Å². The van der Waals surface area contributed by atoms with E-state index >= 15 is 0 Å². The Bertz CT molecular complexity index is 590. The molecule has 2 atom stereocenters. The predicted octanol–water partition coefficient (Wildman–Crippen LogP) is 5.90. The van der Waals surface area contributed by atoms with Crippen molar-refractivity contribution in [3.8, 4) is 0 Å². The number of carboxylic acids is 1. The topological polar surface area (TPSA) is 37.3 Å². The zero-order valence-electron chi connectivity index (χ0n) is 12.6. The first-order chi connectivity index (χ1) is 11.3. The van der Waals surface area contributed by atoms with Crippen LogP contribution in [-0.4, -0.2) is 29.1 Å². The summed E-state index contributed by atoms with van der Waals surface area (Å²) in [5.41, 5.74) is -4.27. The van der Waals surface area contributed by atoms with E-state index in [-0.39, 0.29) is 34.5 Å². The maximum Gasteiger partial charge on any atom is 0.427 e. The molecule has 2 unspecified atom stereocenters. The number of alkyl halides is 7. The van der Waals surface area contributed by atoms with Crippen LogP contribution in [-0.2, 0) is 4.79 Å². The molecule has 0 bridgehead atoms. The number of carbonyl (C=O) groups is 1. The summed E-state index contributed by atoms with van der Waals surface area (Å²) in [4.78, 5) is 11.2. The number of hydrogen-bond donors (Lipinski definition) is 1. The Hall–Kier alpha value is -1.07. The molecule has 0 saturated carbocycles. The van der Waals surface area contributed by atoms with E-state index in [1.54, 1.807) is 0 Å². The molecule has 0 amide bonds. The average molecular weight is 486 g/mol. The number of aliphatic carboxylic acids is 1. The molecule has 1 aliphatic carbocycles. The van der Waals surface area contributed by atoms with Gasteiger partial charge in [-0.15, -0.1) is 0 Å². The molecule has 0 aromatic carbocycles. The molecule has 0 heterocycles. The molecule has 0 fully saturated rings. The Balaban J connectivity index is 2.84. The third kappa shape index (κ3) is 6.00. The fraction of sp³-hybridized carbons (Fsp3) is 0.533. The lowest BCUT2D eigenvalue weighted by molar-refractivity contribution is -0.228. The quantitative estimate of drug-likeness (QED) is 0.220. The monoisotopic (exact) mass is 486 g/mol. The second-order valence-electron chi connectivity index (χ2n) is 5.47. The van der Waals surface area contributed by atoms with Gasteiger partial charge in [-0.2, -0.15) is 26.3 Å². The molecule has 10 heteroatoms. The second kappa shape index (κ2) is 8.09. The van der Waals surface area contributed by atoms with Crippen LogP contribution in [0.25, 0.3) is 0 Å². The van der Waals surface area contributed by atoms with Crippen molar-refractivity contribution in [1.82, 2.24) is 0 Å². The Morgan fingerprint density at radius 3 is 2.32 bits per heavy atom. The molecule has 1 rings (SSSR count). The van der Waals surface area contributed by atoms with Gasteiger partial charge < -0.3 is 5.11 Å². The molecule has 2 nitrogen and oxygen atoms in total. The molecule has 142 valence electrons. The van der Waals surface area contributed by atoms with Gasteiger partial charge >= 0.3 is 18.3 Å². The summed E-state index contributed by atoms with van der Waals surface area (Å²) in [6.07, 6.45) is -7.36. The van der Waals surface area contributed by atoms with Crippen molar-refractivity contribution in [3.05, 3.63) is 33.5 Å². The van der Waals surface area contributed by atoms with Crippen molar-refractivity contribution in [2.45, 2.75) is 43.7 Å². The van der Waals surface area contributed by atoms with Crippen molar-refractivity contribution >= 4 is 28.6 Å². The molecule has 0 aromatic rings. The second-order valence-corrected chi connectivity index (χ2v) is 6.71. The van der Waals surface area contributed by atoms with E-state index in [0.29, 0.717) is 0 Å². The lowest BCUT2D eigenvalue weighted by Gasteiger charge is -2.34. The number of carboxylic acid groups (broad SMARTS) is 1. The van der Waals surface area contributed by atoms with Crippen LogP contribution >= 0.6 is 22.6 Å². The zero-order valence-corrected chi connectivity index (χ0v) is 14.8. The lowest BCUT2D eigenvalue weighted by Crippen LogP contribution is -2.51. The third-order valence-electron chi connectivity index (χ3n) is 3.50. The Morgan fingerprint density at radius 2 is 1.84 bits per heavy atom. The minimum absolute atomic E-state index is 0.0856. The van der Waals surface area contributed by atoms with Gasteiger partial charge in [-0.1, -0.05) is 17.7 Å². The first kappa shape index (κ1) is 22.0. The molecular weight excluding hydrogens is 472 g/mol. The number of hydrogen-bond acceptors (Lipinski definition) is 1. The van der Waals surface area contributed by atoms with E-state index in [9.17, 15) is 35.5 Å². The van der Waals surface area contributed by atoms with Crippen molar-refractivity contribution < 1.29 is 40.6 Å². The van der Waals surface area contributed by atoms with Gasteiger partial charge in [0, 0.05) is 3.58 Å². The largest absolute Gasteiger partial charge is 0.481 e. The predicted molar refractivity (Wildman–Crippen MR) is 84.9 cm³/mol.